The van der Waals surface area contributed by atoms with E-state index >= 15 is 0 Å². The lowest BCUT2D eigenvalue weighted by atomic mass is 9.93. The van der Waals surface area contributed by atoms with Crippen molar-refractivity contribution in [2.24, 2.45) is 0 Å². The maximum Gasteiger partial charge on any atom is 0.409 e. The summed E-state index contributed by atoms with van der Waals surface area (Å²) >= 11 is 0. The predicted octanol–water partition coefficient (Wildman–Crippen LogP) is 4.21. The van der Waals surface area contributed by atoms with Crippen molar-refractivity contribution in [2.75, 3.05) is 44.7 Å². The van der Waals surface area contributed by atoms with Crippen LogP contribution in [-0.2, 0) is 14.3 Å². The van der Waals surface area contributed by atoms with Gasteiger partial charge >= 0.3 is 6.09 Å². The van der Waals surface area contributed by atoms with Gasteiger partial charge in [-0.15, -0.1) is 0 Å². The van der Waals surface area contributed by atoms with E-state index in [9.17, 15) is 14.4 Å². The zero-order valence-corrected chi connectivity index (χ0v) is 22.8. The first-order valence-corrected chi connectivity index (χ1v) is 13.7. The summed E-state index contributed by atoms with van der Waals surface area (Å²) in [5.41, 5.74) is 3.51. The molecule has 1 unspecified atom stereocenters. The van der Waals surface area contributed by atoms with Crippen LogP contribution in [0.15, 0.2) is 48.5 Å². The quantitative estimate of drug-likeness (QED) is 0.592. The molecule has 4 rings (SSSR count). The summed E-state index contributed by atoms with van der Waals surface area (Å²) in [4.78, 5) is 45.4. The fraction of sp³-hybridized carbons (Fsp3) is 0.500. The van der Waals surface area contributed by atoms with E-state index in [1.54, 1.807) is 9.80 Å². The number of nitrogens with zero attached hydrogens (tertiary/aromatic N) is 3. The molecule has 1 saturated carbocycles. The van der Waals surface area contributed by atoms with Gasteiger partial charge in [-0.25, -0.2) is 4.79 Å². The Morgan fingerprint density at radius 1 is 0.974 bits per heavy atom. The van der Waals surface area contributed by atoms with Crippen LogP contribution in [0.25, 0.3) is 0 Å². The summed E-state index contributed by atoms with van der Waals surface area (Å²) < 4.78 is 4.84. The third-order valence-corrected chi connectivity index (χ3v) is 7.65. The number of hydrogen-bond acceptors (Lipinski definition) is 5. The molecule has 1 aliphatic carbocycles. The largest absolute Gasteiger partial charge is 0.453 e. The highest BCUT2D eigenvalue weighted by Gasteiger charge is 2.36. The number of methoxy groups -OCH3 is 1. The normalized spacial score (nSPS) is 17.5. The number of benzene rings is 2. The summed E-state index contributed by atoms with van der Waals surface area (Å²) in [7, 11) is 1.38. The van der Waals surface area contributed by atoms with Gasteiger partial charge in [-0.1, -0.05) is 55.7 Å². The van der Waals surface area contributed by atoms with Crippen molar-refractivity contribution >= 4 is 23.6 Å². The molecule has 2 aliphatic rings. The number of carbonyl (C=O) groups excluding carboxylic acids is 3. The Kier molecular flexibility index (Phi) is 9.39. The summed E-state index contributed by atoms with van der Waals surface area (Å²) in [5, 5.41) is 3.29. The lowest BCUT2D eigenvalue weighted by molar-refractivity contribution is -0.127. The third kappa shape index (κ3) is 6.72. The Morgan fingerprint density at radius 2 is 1.68 bits per heavy atom. The Bertz CT molecular complexity index is 1120. The molecule has 1 aliphatic heterocycles. The molecule has 1 atom stereocenters. The van der Waals surface area contributed by atoms with Gasteiger partial charge in [0.15, 0.2) is 0 Å². The molecular weight excluding hydrogens is 480 g/mol. The maximum absolute atomic E-state index is 14.1. The van der Waals surface area contributed by atoms with Gasteiger partial charge in [0.05, 0.1) is 13.7 Å². The van der Waals surface area contributed by atoms with E-state index in [4.69, 9.17) is 4.74 Å². The second-order valence-corrected chi connectivity index (χ2v) is 10.4. The molecule has 1 heterocycles. The smallest absolute Gasteiger partial charge is 0.409 e. The van der Waals surface area contributed by atoms with Crippen LogP contribution in [0.4, 0.5) is 10.5 Å². The first-order chi connectivity index (χ1) is 18.4. The van der Waals surface area contributed by atoms with E-state index in [2.05, 4.69) is 5.32 Å². The monoisotopic (exact) mass is 520 g/mol. The van der Waals surface area contributed by atoms with E-state index in [1.807, 2.05) is 67.3 Å². The highest BCUT2D eigenvalue weighted by Crippen LogP contribution is 2.31. The van der Waals surface area contributed by atoms with E-state index in [0.29, 0.717) is 31.9 Å². The van der Waals surface area contributed by atoms with Crippen molar-refractivity contribution in [3.63, 3.8) is 0 Å². The maximum atomic E-state index is 14.1. The van der Waals surface area contributed by atoms with Gasteiger partial charge in [0.25, 0.3) is 0 Å². The molecule has 1 saturated heterocycles. The van der Waals surface area contributed by atoms with E-state index in [1.165, 1.54) is 13.5 Å². The van der Waals surface area contributed by atoms with Crippen LogP contribution in [-0.4, -0.2) is 73.6 Å². The minimum absolute atomic E-state index is 0.128. The average molecular weight is 521 g/mol. The number of ether oxygens (including phenoxy) is 1. The number of anilines is 1. The van der Waals surface area contributed by atoms with Crippen molar-refractivity contribution in [1.82, 2.24) is 15.1 Å². The average Bonchev–Trinajstić information content (AvgIpc) is 2.92. The fourth-order valence-electron chi connectivity index (χ4n) is 5.52. The van der Waals surface area contributed by atoms with Gasteiger partial charge in [-0.2, -0.15) is 0 Å². The Balaban J connectivity index is 1.65. The summed E-state index contributed by atoms with van der Waals surface area (Å²) in [5.74, 6) is -0.286. The molecule has 2 aromatic carbocycles. The van der Waals surface area contributed by atoms with Crippen LogP contribution in [0.3, 0.4) is 0 Å². The Morgan fingerprint density at radius 3 is 2.34 bits per heavy atom. The zero-order chi connectivity index (χ0) is 27.1. The van der Waals surface area contributed by atoms with Crippen LogP contribution >= 0.6 is 0 Å². The van der Waals surface area contributed by atoms with Gasteiger partial charge in [0.1, 0.15) is 6.04 Å². The van der Waals surface area contributed by atoms with Crippen molar-refractivity contribution < 1.29 is 19.1 Å². The van der Waals surface area contributed by atoms with Crippen LogP contribution in [0.5, 0.6) is 0 Å². The highest BCUT2D eigenvalue weighted by atomic mass is 16.5. The first-order valence-electron chi connectivity index (χ1n) is 13.7. The molecule has 0 bridgehead atoms. The molecule has 0 spiro atoms. The molecule has 2 fully saturated rings. The van der Waals surface area contributed by atoms with Crippen molar-refractivity contribution in [2.45, 2.75) is 58.0 Å². The zero-order valence-electron chi connectivity index (χ0n) is 22.8. The molecule has 0 aromatic heterocycles. The number of piperazine rings is 1. The molecule has 1 N–H and O–H groups in total. The van der Waals surface area contributed by atoms with E-state index in [-0.39, 0.29) is 30.5 Å². The van der Waals surface area contributed by atoms with Gasteiger partial charge in [-0.3, -0.25) is 19.4 Å². The van der Waals surface area contributed by atoms with E-state index in [0.717, 1.165) is 42.4 Å². The molecule has 38 heavy (non-hydrogen) atoms. The fourth-order valence-corrected chi connectivity index (χ4v) is 5.52. The molecule has 8 nitrogen and oxygen atoms in total. The Hall–Kier alpha value is -3.39. The van der Waals surface area contributed by atoms with Gasteiger partial charge in [0.2, 0.25) is 11.8 Å². The number of hydrogen-bond donors (Lipinski definition) is 1. The second-order valence-electron chi connectivity index (χ2n) is 10.4. The number of nitrogens with one attached hydrogen (secondary N) is 1. The highest BCUT2D eigenvalue weighted by molar-refractivity contribution is 6.02. The van der Waals surface area contributed by atoms with Gasteiger partial charge in [-0.05, 0) is 55.5 Å². The minimum Gasteiger partial charge on any atom is -0.453 e. The van der Waals surface area contributed by atoms with Crippen molar-refractivity contribution in [1.29, 1.82) is 0 Å². The van der Waals surface area contributed by atoms with Crippen molar-refractivity contribution in [3.05, 3.63) is 65.2 Å². The topological polar surface area (TPSA) is 82.2 Å². The molecule has 2 aromatic rings. The summed E-state index contributed by atoms with van der Waals surface area (Å²) in [6.07, 6.45) is 5.00. The number of amides is 3. The van der Waals surface area contributed by atoms with Crippen LogP contribution in [0.1, 0.15) is 54.8 Å². The first kappa shape index (κ1) is 27.6. The lowest BCUT2D eigenvalue weighted by Crippen LogP contribution is -2.53. The second kappa shape index (κ2) is 12.9. The van der Waals surface area contributed by atoms with E-state index < -0.39 is 6.04 Å². The predicted molar refractivity (Wildman–Crippen MR) is 148 cm³/mol. The molecule has 3 amide bonds. The standard InChI is InChI=1S/C30H40N4O4/c1-22-10-9-14-25(20-22)34(27(35)21-32-16-18-33(19-17-32)30(37)38-3)28(26-15-8-7-11-23(26)2)29(36)31-24-12-5-4-6-13-24/h7-11,14-15,20,24,28H,4-6,12-13,16-19,21H2,1-3H3,(H,31,36). The van der Waals surface area contributed by atoms with Gasteiger partial charge < -0.3 is 15.0 Å². The molecular formula is C30H40N4O4. The van der Waals surface area contributed by atoms with Crippen LogP contribution in [0, 0.1) is 13.8 Å². The van der Waals surface area contributed by atoms with Crippen LogP contribution in [0.2, 0.25) is 0 Å². The Labute approximate surface area is 225 Å². The number of rotatable bonds is 7. The summed E-state index contributed by atoms with van der Waals surface area (Å²) in [6, 6.07) is 14.9. The van der Waals surface area contributed by atoms with Gasteiger partial charge in [0, 0.05) is 37.9 Å². The molecule has 204 valence electrons. The van der Waals surface area contributed by atoms with Crippen LogP contribution < -0.4 is 10.2 Å². The molecule has 8 heteroatoms. The third-order valence-electron chi connectivity index (χ3n) is 7.65. The summed E-state index contributed by atoms with van der Waals surface area (Å²) in [6.45, 7) is 6.24. The minimum atomic E-state index is -0.788. The number of aryl methyl sites for hydroxylation is 2. The lowest BCUT2D eigenvalue weighted by Gasteiger charge is -2.37. The SMILES string of the molecule is COC(=O)N1CCN(CC(=O)N(c2cccc(C)c2)C(C(=O)NC2CCCCC2)c2ccccc2C)CC1. The van der Waals surface area contributed by atoms with Crippen molar-refractivity contribution in [3.8, 4) is 0 Å². The molecule has 0 radical (unpaired) electrons. The number of carbonyl (C=O) groups is 3.